The van der Waals surface area contributed by atoms with Crippen LogP contribution in [-0.2, 0) is 9.59 Å². The number of nitrogens with zero attached hydrogens (tertiary/aromatic N) is 2. The van der Waals surface area contributed by atoms with Crippen molar-refractivity contribution >= 4 is 34.4 Å². The molecular weight excluding hydrogens is 528 g/mol. The van der Waals surface area contributed by atoms with Gasteiger partial charge in [-0.1, -0.05) is 12.1 Å². The third-order valence-corrected chi connectivity index (χ3v) is 7.11. The first-order chi connectivity index (χ1) is 19.9. The fourth-order valence-corrected chi connectivity index (χ4v) is 4.67. The molecule has 6 rings (SSSR count). The smallest absolute Gasteiger partial charge is 0.240 e. The molecule has 2 aromatic heterocycles. The first-order valence-corrected chi connectivity index (χ1v) is 13.0. The molecule has 5 aromatic rings. The highest BCUT2D eigenvalue weighted by Gasteiger charge is 2.56. The zero-order valence-electron chi connectivity index (χ0n) is 21.9. The second-order valence-corrected chi connectivity index (χ2v) is 9.79. The highest BCUT2D eigenvalue weighted by molar-refractivity contribution is 6.16. The summed E-state index contributed by atoms with van der Waals surface area (Å²) < 4.78 is 36.0. The van der Waals surface area contributed by atoms with E-state index in [4.69, 9.17) is 4.74 Å². The molecule has 3 N–H and O–H groups in total. The van der Waals surface area contributed by atoms with Crippen LogP contribution in [0.25, 0.3) is 16.6 Å². The average Bonchev–Trinajstić information content (AvgIpc) is 3.69. The standard InChI is InChI=1S/C31H25F2N5O3/c1-34-22-4-2-3-19(17-22)24-12-16-38-28(24)27(11-15-35-38)41-26-10-9-23(18-25(26)33)37-30(40)31(13-14-31)29(39)36-21-7-5-20(32)6-8-21/h2-12,15-18,34H,13-14H2,1H3,(H,36,39)(H,37,40). The third-order valence-electron chi connectivity index (χ3n) is 7.11. The van der Waals surface area contributed by atoms with E-state index in [9.17, 15) is 14.0 Å². The van der Waals surface area contributed by atoms with E-state index in [1.165, 1.54) is 36.4 Å². The Kier molecular flexibility index (Phi) is 6.58. The van der Waals surface area contributed by atoms with Gasteiger partial charge in [-0.3, -0.25) is 9.59 Å². The van der Waals surface area contributed by atoms with E-state index in [1.807, 2.05) is 37.4 Å². The highest BCUT2D eigenvalue weighted by Crippen LogP contribution is 2.47. The summed E-state index contributed by atoms with van der Waals surface area (Å²) in [5, 5.41) is 12.8. The van der Waals surface area contributed by atoms with Gasteiger partial charge in [0, 0.05) is 48.0 Å². The minimum Gasteiger partial charge on any atom is -0.452 e. The van der Waals surface area contributed by atoms with Gasteiger partial charge in [-0.05, 0) is 73.0 Å². The zero-order valence-corrected chi connectivity index (χ0v) is 21.9. The van der Waals surface area contributed by atoms with Crippen molar-refractivity contribution in [3.63, 3.8) is 0 Å². The molecular formula is C31H25F2N5O3. The Morgan fingerprint density at radius 3 is 2.29 bits per heavy atom. The first-order valence-electron chi connectivity index (χ1n) is 13.0. The Balaban J connectivity index is 1.20. The summed E-state index contributed by atoms with van der Waals surface area (Å²) in [7, 11) is 1.84. The lowest BCUT2D eigenvalue weighted by atomic mass is 10.0. The molecule has 3 aromatic carbocycles. The van der Waals surface area contributed by atoms with Crippen molar-refractivity contribution in [3.05, 3.63) is 103 Å². The normalized spacial score (nSPS) is 13.4. The topological polar surface area (TPSA) is 96.8 Å². The Morgan fingerprint density at radius 1 is 0.854 bits per heavy atom. The van der Waals surface area contributed by atoms with Crippen LogP contribution < -0.4 is 20.7 Å². The van der Waals surface area contributed by atoms with Gasteiger partial charge < -0.3 is 20.7 Å². The number of rotatable bonds is 8. The van der Waals surface area contributed by atoms with Crippen LogP contribution in [0, 0.1) is 17.0 Å². The number of amides is 2. The molecule has 1 fully saturated rings. The van der Waals surface area contributed by atoms with Gasteiger partial charge in [0.1, 0.15) is 16.7 Å². The molecule has 0 atom stereocenters. The fraction of sp³-hybridized carbons (Fsp3) is 0.129. The summed E-state index contributed by atoms with van der Waals surface area (Å²) in [6, 6.07) is 20.8. The van der Waals surface area contributed by atoms with Crippen molar-refractivity contribution in [3.8, 4) is 22.6 Å². The molecule has 0 bridgehead atoms. The van der Waals surface area contributed by atoms with Crippen LogP contribution in [0.4, 0.5) is 25.8 Å². The predicted octanol–water partition coefficient (Wildman–Crippen LogP) is 6.47. The van der Waals surface area contributed by atoms with Crippen molar-refractivity contribution in [2.45, 2.75) is 12.8 Å². The van der Waals surface area contributed by atoms with Crippen LogP contribution in [0.5, 0.6) is 11.5 Å². The maximum atomic E-state index is 15.2. The van der Waals surface area contributed by atoms with Gasteiger partial charge in [0.25, 0.3) is 0 Å². The number of hydrogen-bond acceptors (Lipinski definition) is 5. The van der Waals surface area contributed by atoms with Crippen LogP contribution in [0.2, 0.25) is 0 Å². The third kappa shape index (κ3) is 5.07. The van der Waals surface area contributed by atoms with E-state index in [0.717, 1.165) is 22.9 Å². The Hall–Kier alpha value is -5.25. The second-order valence-electron chi connectivity index (χ2n) is 9.79. The molecule has 1 saturated carbocycles. The number of aromatic nitrogens is 2. The summed E-state index contributed by atoms with van der Waals surface area (Å²) in [5.41, 5.74) is 2.72. The van der Waals surface area contributed by atoms with Crippen LogP contribution in [-0.4, -0.2) is 28.5 Å². The molecule has 41 heavy (non-hydrogen) atoms. The number of hydrogen-bond donors (Lipinski definition) is 3. The second kappa shape index (κ2) is 10.4. The number of benzene rings is 3. The zero-order chi connectivity index (χ0) is 28.6. The van der Waals surface area contributed by atoms with Crippen molar-refractivity contribution in [1.82, 2.24) is 9.61 Å². The molecule has 2 heterocycles. The maximum Gasteiger partial charge on any atom is 0.240 e. The summed E-state index contributed by atoms with van der Waals surface area (Å²) >= 11 is 0. The van der Waals surface area contributed by atoms with Gasteiger partial charge in [0.15, 0.2) is 17.3 Å². The average molecular weight is 554 g/mol. The van der Waals surface area contributed by atoms with Gasteiger partial charge in [0.2, 0.25) is 11.8 Å². The predicted molar refractivity (Wildman–Crippen MR) is 152 cm³/mol. The number of anilines is 3. The highest BCUT2D eigenvalue weighted by atomic mass is 19.1. The molecule has 8 nitrogen and oxygen atoms in total. The lowest BCUT2D eigenvalue weighted by Gasteiger charge is -2.16. The van der Waals surface area contributed by atoms with Crippen molar-refractivity contribution in [2.24, 2.45) is 5.41 Å². The Bertz CT molecular complexity index is 1780. The Morgan fingerprint density at radius 2 is 1.59 bits per heavy atom. The lowest BCUT2D eigenvalue weighted by Crippen LogP contribution is -2.35. The van der Waals surface area contributed by atoms with Crippen molar-refractivity contribution < 1.29 is 23.1 Å². The molecule has 206 valence electrons. The van der Waals surface area contributed by atoms with E-state index < -0.39 is 28.9 Å². The molecule has 0 unspecified atom stereocenters. The van der Waals surface area contributed by atoms with Crippen LogP contribution in [0.15, 0.2) is 91.3 Å². The maximum absolute atomic E-state index is 15.2. The van der Waals surface area contributed by atoms with Gasteiger partial charge in [-0.2, -0.15) is 5.10 Å². The molecule has 0 saturated heterocycles. The van der Waals surface area contributed by atoms with Crippen LogP contribution in [0.1, 0.15) is 12.8 Å². The molecule has 0 radical (unpaired) electrons. The minimum atomic E-state index is -1.27. The number of nitrogens with one attached hydrogen (secondary N) is 3. The number of ether oxygens (including phenoxy) is 1. The van der Waals surface area contributed by atoms with Gasteiger partial charge in [-0.25, -0.2) is 13.3 Å². The van der Waals surface area contributed by atoms with Gasteiger partial charge >= 0.3 is 0 Å². The molecule has 0 aliphatic heterocycles. The molecule has 0 spiro atoms. The lowest BCUT2D eigenvalue weighted by molar-refractivity contribution is -0.131. The van der Waals surface area contributed by atoms with Crippen molar-refractivity contribution in [1.29, 1.82) is 0 Å². The SMILES string of the molecule is CNc1cccc(-c2ccn3nccc(Oc4ccc(NC(=O)C5(C(=O)Nc6ccc(F)cc6)CC5)cc4F)c23)c1. The summed E-state index contributed by atoms with van der Waals surface area (Å²) in [4.78, 5) is 25.8. The molecule has 2 amide bonds. The molecule has 10 heteroatoms. The molecule has 1 aliphatic rings. The van der Waals surface area contributed by atoms with Gasteiger partial charge in [-0.15, -0.1) is 0 Å². The van der Waals surface area contributed by atoms with Gasteiger partial charge in [0.05, 0.1) is 6.20 Å². The number of carbonyl (C=O) groups excluding carboxylic acids is 2. The minimum absolute atomic E-state index is 0.0394. The quantitative estimate of drug-likeness (QED) is 0.191. The summed E-state index contributed by atoms with van der Waals surface area (Å²) in [5.74, 6) is -1.79. The fourth-order valence-electron chi connectivity index (χ4n) is 4.67. The largest absolute Gasteiger partial charge is 0.452 e. The monoisotopic (exact) mass is 553 g/mol. The molecule has 1 aliphatic carbocycles. The van der Waals surface area contributed by atoms with E-state index >= 15 is 4.39 Å². The number of carbonyl (C=O) groups is 2. The van der Waals surface area contributed by atoms with Crippen LogP contribution in [0.3, 0.4) is 0 Å². The number of fused-ring (bicyclic) bond motifs is 1. The van der Waals surface area contributed by atoms with Crippen LogP contribution >= 0.6 is 0 Å². The number of halogens is 2. The van der Waals surface area contributed by atoms with E-state index in [2.05, 4.69) is 21.0 Å². The van der Waals surface area contributed by atoms with E-state index in [-0.39, 0.29) is 11.4 Å². The summed E-state index contributed by atoms with van der Waals surface area (Å²) in [6.07, 6.45) is 4.07. The van der Waals surface area contributed by atoms with Crippen molar-refractivity contribution in [2.75, 3.05) is 23.0 Å². The van der Waals surface area contributed by atoms with E-state index in [0.29, 0.717) is 29.8 Å². The van der Waals surface area contributed by atoms with E-state index in [1.54, 1.807) is 23.0 Å². The first kappa shape index (κ1) is 26.0. The summed E-state index contributed by atoms with van der Waals surface area (Å²) in [6.45, 7) is 0. The Labute approximate surface area is 234 Å².